The quantitative estimate of drug-likeness (QED) is 0.217. The highest BCUT2D eigenvalue weighted by atomic mass is 16.5. The molecule has 0 bridgehead atoms. The van der Waals surface area contributed by atoms with Crippen LogP contribution in [-0.4, -0.2) is 23.8 Å². The van der Waals surface area contributed by atoms with Gasteiger partial charge in [-0.2, -0.15) is 0 Å². The van der Waals surface area contributed by atoms with Gasteiger partial charge in [0.05, 0.1) is 12.5 Å². The molecule has 0 heterocycles. The molecule has 0 radical (unpaired) electrons. The minimum atomic E-state index is -1.20. The van der Waals surface area contributed by atoms with E-state index in [1.54, 1.807) is 42.5 Å². The first-order valence-electron chi connectivity index (χ1n) is 10.8. The van der Waals surface area contributed by atoms with E-state index in [9.17, 15) is 14.7 Å². The molecule has 0 aliphatic heterocycles. The number of methoxy groups -OCH3 is 1. The van der Waals surface area contributed by atoms with Crippen molar-refractivity contribution < 1.29 is 19.4 Å². The second-order valence-corrected chi connectivity index (χ2v) is 7.84. The van der Waals surface area contributed by atoms with Crippen molar-refractivity contribution in [2.75, 3.05) is 7.11 Å². The van der Waals surface area contributed by atoms with E-state index >= 15 is 0 Å². The van der Waals surface area contributed by atoms with Gasteiger partial charge in [-0.1, -0.05) is 85.0 Å². The standard InChI is InChI=1S/C29H28O4/c1-4-13-23-26(31)24(25(30)22-17-10-7-11-18-22)27(32)29(19-5-2,28(23)33-3)20-12-16-21-14-8-6-9-15-21/h4-12,14-18,30H,1-2,13,19-20H2,3H3/b16-12+,25-24-/t29-/m0/s1. The van der Waals surface area contributed by atoms with E-state index in [1.165, 1.54) is 7.11 Å². The smallest absolute Gasteiger partial charge is 0.200 e. The van der Waals surface area contributed by atoms with Crippen LogP contribution in [0, 0.1) is 5.41 Å². The van der Waals surface area contributed by atoms with E-state index < -0.39 is 17.0 Å². The average Bonchev–Trinajstić information content (AvgIpc) is 2.84. The van der Waals surface area contributed by atoms with Gasteiger partial charge in [-0.15, -0.1) is 13.2 Å². The number of allylic oxidation sites excluding steroid dienone is 6. The Hall–Kier alpha value is -3.92. The summed E-state index contributed by atoms with van der Waals surface area (Å²) in [4.78, 5) is 27.4. The van der Waals surface area contributed by atoms with Crippen molar-refractivity contribution in [3.8, 4) is 0 Å². The monoisotopic (exact) mass is 440 g/mol. The summed E-state index contributed by atoms with van der Waals surface area (Å²) >= 11 is 0. The molecule has 4 heteroatoms. The normalized spacial score (nSPS) is 20.2. The maximum absolute atomic E-state index is 14.0. The first-order chi connectivity index (χ1) is 16.0. The lowest BCUT2D eigenvalue weighted by Gasteiger charge is -2.37. The number of ketones is 2. The molecule has 33 heavy (non-hydrogen) atoms. The molecule has 1 atom stereocenters. The Morgan fingerprint density at radius 1 is 0.970 bits per heavy atom. The van der Waals surface area contributed by atoms with Crippen LogP contribution in [0.2, 0.25) is 0 Å². The summed E-state index contributed by atoms with van der Waals surface area (Å²) in [5.41, 5.74) is 0.281. The lowest BCUT2D eigenvalue weighted by molar-refractivity contribution is -0.128. The Bertz CT molecular complexity index is 1140. The minimum absolute atomic E-state index is 0.210. The zero-order valence-electron chi connectivity index (χ0n) is 18.8. The highest BCUT2D eigenvalue weighted by Gasteiger charge is 2.51. The molecule has 3 rings (SSSR count). The fourth-order valence-corrected chi connectivity index (χ4v) is 4.25. The highest BCUT2D eigenvalue weighted by molar-refractivity contribution is 6.34. The van der Waals surface area contributed by atoms with Crippen LogP contribution >= 0.6 is 0 Å². The van der Waals surface area contributed by atoms with Crippen LogP contribution in [-0.2, 0) is 14.3 Å². The van der Waals surface area contributed by atoms with Crippen LogP contribution in [0.5, 0.6) is 0 Å². The summed E-state index contributed by atoms with van der Waals surface area (Å²) in [6.07, 6.45) is 7.79. The van der Waals surface area contributed by atoms with Gasteiger partial charge in [0.15, 0.2) is 11.6 Å². The molecule has 0 unspecified atom stereocenters. The van der Waals surface area contributed by atoms with Crippen LogP contribution in [0.4, 0.5) is 0 Å². The van der Waals surface area contributed by atoms with Crippen molar-refractivity contribution in [2.45, 2.75) is 19.3 Å². The number of carbonyl (C=O) groups excluding carboxylic acids is 2. The number of Topliss-reactive ketones (excluding diaryl/α,β-unsaturated/α-hetero) is 2. The first-order valence-corrected chi connectivity index (χ1v) is 10.8. The third-order valence-electron chi connectivity index (χ3n) is 5.78. The molecule has 0 saturated carbocycles. The van der Waals surface area contributed by atoms with Gasteiger partial charge in [-0.05, 0) is 24.8 Å². The molecule has 2 aromatic rings. The van der Waals surface area contributed by atoms with Crippen LogP contribution in [0.25, 0.3) is 11.8 Å². The summed E-state index contributed by atoms with van der Waals surface area (Å²) in [5, 5.41) is 11.0. The first kappa shape index (κ1) is 23.7. The van der Waals surface area contributed by atoms with Crippen LogP contribution in [0.3, 0.4) is 0 Å². The maximum atomic E-state index is 14.0. The summed E-state index contributed by atoms with van der Waals surface area (Å²) in [5.74, 6) is -1.04. The summed E-state index contributed by atoms with van der Waals surface area (Å²) in [7, 11) is 1.46. The molecule has 168 valence electrons. The fourth-order valence-electron chi connectivity index (χ4n) is 4.25. The number of hydrogen-bond acceptors (Lipinski definition) is 4. The Kier molecular flexibility index (Phi) is 7.62. The summed E-state index contributed by atoms with van der Waals surface area (Å²) in [6, 6.07) is 18.3. The van der Waals surface area contributed by atoms with Crippen LogP contribution in [0.15, 0.2) is 109 Å². The van der Waals surface area contributed by atoms with Gasteiger partial charge in [0.25, 0.3) is 0 Å². The van der Waals surface area contributed by atoms with Crippen LogP contribution < -0.4 is 0 Å². The molecule has 4 nitrogen and oxygen atoms in total. The van der Waals surface area contributed by atoms with E-state index in [0.29, 0.717) is 16.9 Å². The molecule has 0 aromatic heterocycles. The predicted molar refractivity (Wildman–Crippen MR) is 132 cm³/mol. The van der Waals surface area contributed by atoms with Crippen molar-refractivity contribution >= 4 is 23.4 Å². The highest BCUT2D eigenvalue weighted by Crippen LogP contribution is 2.47. The van der Waals surface area contributed by atoms with Crippen LogP contribution in [0.1, 0.15) is 30.4 Å². The molecular formula is C29H28O4. The molecule has 0 spiro atoms. The third-order valence-corrected chi connectivity index (χ3v) is 5.78. The van der Waals surface area contributed by atoms with E-state index in [1.807, 2.05) is 42.5 Å². The zero-order chi connectivity index (χ0) is 23.8. The fraction of sp³-hybridized carbons (Fsp3) is 0.172. The Labute approximate surface area is 194 Å². The number of ether oxygens (including phenoxy) is 1. The summed E-state index contributed by atoms with van der Waals surface area (Å²) < 4.78 is 5.71. The molecular weight excluding hydrogens is 412 g/mol. The number of aliphatic hydroxyl groups excluding tert-OH is 1. The zero-order valence-corrected chi connectivity index (χ0v) is 18.8. The van der Waals surface area contributed by atoms with Crippen molar-refractivity contribution in [2.24, 2.45) is 5.41 Å². The van der Waals surface area contributed by atoms with Gasteiger partial charge >= 0.3 is 0 Å². The lowest BCUT2D eigenvalue weighted by atomic mass is 9.65. The molecule has 0 fully saturated rings. The molecule has 0 saturated heterocycles. The van der Waals surface area contributed by atoms with Gasteiger partial charge in [0.2, 0.25) is 0 Å². The Morgan fingerprint density at radius 3 is 2.18 bits per heavy atom. The lowest BCUT2D eigenvalue weighted by Crippen LogP contribution is -2.42. The minimum Gasteiger partial charge on any atom is -0.506 e. The number of aliphatic hydroxyl groups is 1. The van der Waals surface area contributed by atoms with Crippen molar-refractivity contribution in [3.05, 3.63) is 120 Å². The van der Waals surface area contributed by atoms with Gasteiger partial charge in [-0.25, -0.2) is 0 Å². The van der Waals surface area contributed by atoms with Crippen molar-refractivity contribution in [3.63, 3.8) is 0 Å². The molecule has 1 aliphatic rings. The summed E-state index contributed by atoms with van der Waals surface area (Å²) in [6.45, 7) is 7.61. The van der Waals surface area contributed by atoms with E-state index in [0.717, 1.165) is 5.56 Å². The predicted octanol–water partition coefficient (Wildman–Crippen LogP) is 6.25. The second kappa shape index (κ2) is 10.6. The SMILES string of the molecule is C=CCC1=C(OC)[C@@](CC=C)(C/C=C/c2ccccc2)C(=O)/C(=C(\O)c2ccccc2)C1=O. The topological polar surface area (TPSA) is 63.6 Å². The molecule has 2 aromatic carbocycles. The van der Waals surface area contributed by atoms with Gasteiger partial charge in [0.1, 0.15) is 17.1 Å². The van der Waals surface area contributed by atoms with Crippen molar-refractivity contribution in [1.82, 2.24) is 0 Å². The van der Waals surface area contributed by atoms with E-state index in [2.05, 4.69) is 13.2 Å². The number of benzene rings is 2. The largest absolute Gasteiger partial charge is 0.506 e. The number of rotatable bonds is 9. The maximum Gasteiger partial charge on any atom is 0.200 e. The molecule has 1 N–H and O–H groups in total. The van der Waals surface area contributed by atoms with Gasteiger partial charge in [0, 0.05) is 11.1 Å². The van der Waals surface area contributed by atoms with Gasteiger partial charge in [-0.3, -0.25) is 9.59 Å². The molecule has 0 amide bonds. The Morgan fingerprint density at radius 2 is 1.61 bits per heavy atom. The number of hydrogen-bond donors (Lipinski definition) is 1. The third kappa shape index (κ3) is 4.65. The second-order valence-electron chi connectivity index (χ2n) is 7.84. The number of carbonyl (C=O) groups is 2. The van der Waals surface area contributed by atoms with Crippen molar-refractivity contribution in [1.29, 1.82) is 0 Å². The average molecular weight is 441 g/mol. The van der Waals surface area contributed by atoms with E-state index in [-0.39, 0.29) is 30.6 Å². The Balaban J connectivity index is 2.22. The van der Waals surface area contributed by atoms with Gasteiger partial charge < -0.3 is 9.84 Å². The molecule has 1 aliphatic carbocycles. The van der Waals surface area contributed by atoms with E-state index in [4.69, 9.17) is 4.74 Å².